The molecule has 1 aliphatic rings. The van der Waals surface area contributed by atoms with E-state index in [4.69, 9.17) is 4.52 Å². The molecule has 1 aromatic heterocycles. The summed E-state index contributed by atoms with van der Waals surface area (Å²) in [5.41, 5.74) is 0.579. The van der Waals surface area contributed by atoms with Crippen LogP contribution in [-0.2, 0) is 4.79 Å². The molecule has 0 unspecified atom stereocenters. The van der Waals surface area contributed by atoms with Gasteiger partial charge >= 0.3 is 0 Å². The third kappa shape index (κ3) is 2.94. The number of hydrogen-bond acceptors (Lipinski definition) is 4. The second-order valence-corrected chi connectivity index (χ2v) is 6.46. The molecule has 1 fully saturated rings. The van der Waals surface area contributed by atoms with Crippen LogP contribution >= 0.6 is 0 Å². The first-order valence-electron chi connectivity index (χ1n) is 8.64. The summed E-state index contributed by atoms with van der Waals surface area (Å²) < 4.78 is 5.16. The quantitative estimate of drug-likeness (QED) is 0.724. The summed E-state index contributed by atoms with van der Waals surface area (Å²) in [6, 6.07) is 15.1. The number of anilines is 1. The minimum absolute atomic E-state index is 0.0564. The van der Waals surface area contributed by atoms with Crippen LogP contribution in [-0.4, -0.2) is 35.1 Å². The molecule has 6 heteroatoms. The summed E-state index contributed by atoms with van der Waals surface area (Å²) >= 11 is 0. The lowest BCUT2D eigenvalue weighted by molar-refractivity contribution is -0.127. The highest BCUT2D eigenvalue weighted by Gasteiger charge is 2.28. The van der Waals surface area contributed by atoms with Gasteiger partial charge in [0.15, 0.2) is 5.82 Å². The van der Waals surface area contributed by atoms with E-state index in [1.165, 1.54) is 4.90 Å². The van der Waals surface area contributed by atoms with Crippen LogP contribution in [0.25, 0.3) is 10.8 Å². The van der Waals surface area contributed by atoms with Crippen molar-refractivity contribution in [3.8, 4) is 0 Å². The number of nitrogens with zero attached hydrogens (tertiary/aromatic N) is 3. The largest absolute Gasteiger partial charge is 0.360 e. The summed E-state index contributed by atoms with van der Waals surface area (Å²) in [7, 11) is 0. The number of hydrogen-bond donors (Lipinski definition) is 0. The number of benzene rings is 2. The van der Waals surface area contributed by atoms with E-state index in [-0.39, 0.29) is 18.5 Å². The van der Waals surface area contributed by atoms with E-state index in [2.05, 4.69) is 5.16 Å². The van der Waals surface area contributed by atoms with E-state index in [0.717, 1.165) is 17.2 Å². The van der Waals surface area contributed by atoms with E-state index in [0.29, 0.717) is 30.1 Å². The molecule has 0 saturated carbocycles. The van der Waals surface area contributed by atoms with Crippen molar-refractivity contribution in [2.24, 2.45) is 0 Å². The van der Waals surface area contributed by atoms with E-state index >= 15 is 0 Å². The number of amides is 2. The van der Waals surface area contributed by atoms with Gasteiger partial charge in [-0.05, 0) is 30.2 Å². The van der Waals surface area contributed by atoms with Gasteiger partial charge in [-0.15, -0.1) is 0 Å². The zero-order valence-corrected chi connectivity index (χ0v) is 14.5. The van der Waals surface area contributed by atoms with Crippen molar-refractivity contribution in [3.63, 3.8) is 0 Å². The van der Waals surface area contributed by atoms with Gasteiger partial charge in [0.25, 0.3) is 5.91 Å². The predicted octanol–water partition coefficient (Wildman–Crippen LogP) is 3.36. The third-order valence-corrected chi connectivity index (χ3v) is 4.64. The molecule has 0 spiro atoms. The highest BCUT2D eigenvalue weighted by atomic mass is 16.5. The fraction of sp³-hybridized carbons (Fsp3) is 0.250. The SMILES string of the molecule is Cc1cc(N(CN2CCCC2=O)C(=O)c2cccc3ccccc23)no1. The van der Waals surface area contributed by atoms with Gasteiger partial charge in [0.05, 0.1) is 0 Å². The lowest BCUT2D eigenvalue weighted by Crippen LogP contribution is -2.42. The van der Waals surface area contributed by atoms with E-state index < -0.39 is 0 Å². The second-order valence-electron chi connectivity index (χ2n) is 6.46. The van der Waals surface area contributed by atoms with Crippen LogP contribution in [0.1, 0.15) is 29.0 Å². The third-order valence-electron chi connectivity index (χ3n) is 4.64. The molecule has 6 nitrogen and oxygen atoms in total. The number of aryl methyl sites for hydroxylation is 1. The Labute approximate surface area is 151 Å². The fourth-order valence-electron chi connectivity index (χ4n) is 3.30. The van der Waals surface area contributed by atoms with Crippen LogP contribution in [0.2, 0.25) is 0 Å². The average molecular weight is 349 g/mol. The van der Waals surface area contributed by atoms with Gasteiger partial charge in [-0.3, -0.25) is 14.5 Å². The minimum atomic E-state index is -0.199. The van der Waals surface area contributed by atoms with Crippen LogP contribution in [0.15, 0.2) is 53.1 Å². The molecule has 0 N–H and O–H groups in total. The molecule has 1 saturated heterocycles. The number of aromatic nitrogens is 1. The van der Waals surface area contributed by atoms with E-state index in [1.54, 1.807) is 24.0 Å². The lowest BCUT2D eigenvalue weighted by Gasteiger charge is -2.26. The van der Waals surface area contributed by atoms with Gasteiger partial charge in [-0.1, -0.05) is 41.6 Å². The monoisotopic (exact) mass is 349 g/mol. The standard InChI is InChI=1S/C20H19N3O3/c1-14-12-18(21-26-14)23(13-22-11-5-10-19(22)24)20(25)17-9-4-7-15-6-2-3-8-16(15)17/h2-4,6-9,12H,5,10-11,13H2,1H3. The Bertz CT molecular complexity index is 974. The molecule has 2 amide bonds. The van der Waals surface area contributed by atoms with Crippen LogP contribution in [0, 0.1) is 6.92 Å². The number of likely N-dealkylation sites (tertiary alicyclic amines) is 1. The topological polar surface area (TPSA) is 66.7 Å². The molecular weight excluding hydrogens is 330 g/mol. The molecule has 3 aromatic rings. The zero-order valence-electron chi connectivity index (χ0n) is 14.5. The van der Waals surface area contributed by atoms with Gasteiger partial charge < -0.3 is 9.42 Å². The first-order chi connectivity index (χ1) is 12.6. The van der Waals surface area contributed by atoms with Crippen LogP contribution in [0.4, 0.5) is 5.82 Å². The highest BCUT2D eigenvalue weighted by molar-refractivity contribution is 6.13. The van der Waals surface area contributed by atoms with Crippen molar-refractivity contribution in [1.82, 2.24) is 10.1 Å². The Kier molecular flexibility index (Phi) is 4.16. The van der Waals surface area contributed by atoms with Crippen LogP contribution in [0.5, 0.6) is 0 Å². The second kappa shape index (κ2) is 6.63. The number of carbonyl (C=O) groups is 2. The maximum atomic E-state index is 13.4. The first-order valence-corrected chi connectivity index (χ1v) is 8.64. The van der Waals surface area contributed by atoms with Crippen molar-refractivity contribution in [3.05, 3.63) is 59.9 Å². The van der Waals surface area contributed by atoms with Crippen molar-refractivity contribution in [2.45, 2.75) is 19.8 Å². The predicted molar refractivity (Wildman–Crippen MR) is 97.8 cm³/mol. The van der Waals surface area contributed by atoms with Crippen molar-refractivity contribution >= 4 is 28.4 Å². The maximum Gasteiger partial charge on any atom is 0.261 e. The lowest BCUT2D eigenvalue weighted by atomic mass is 10.0. The molecule has 132 valence electrons. The molecule has 26 heavy (non-hydrogen) atoms. The Morgan fingerprint density at radius 1 is 1.23 bits per heavy atom. The Morgan fingerprint density at radius 3 is 2.77 bits per heavy atom. The van der Waals surface area contributed by atoms with Crippen LogP contribution < -0.4 is 4.90 Å². The summed E-state index contributed by atoms with van der Waals surface area (Å²) in [4.78, 5) is 28.6. The van der Waals surface area contributed by atoms with Gasteiger partial charge in [0.1, 0.15) is 12.4 Å². The van der Waals surface area contributed by atoms with Gasteiger partial charge in [-0.2, -0.15) is 0 Å². The summed E-state index contributed by atoms with van der Waals surface area (Å²) in [6.07, 6.45) is 1.33. The molecule has 2 aromatic carbocycles. The van der Waals surface area contributed by atoms with Gasteiger partial charge in [0, 0.05) is 24.6 Å². The normalized spacial score (nSPS) is 14.2. The molecule has 2 heterocycles. The van der Waals surface area contributed by atoms with E-state index in [1.807, 2.05) is 36.4 Å². The molecule has 4 rings (SSSR count). The summed E-state index contributed by atoms with van der Waals surface area (Å²) in [5.74, 6) is 0.888. The number of carbonyl (C=O) groups excluding carboxylic acids is 2. The summed E-state index contributed by atoms with van der Waals surface area (Å²) in [6.45, 7) is 2.60. The number of rotatable bonds is 4. The highest BCUT2D eigenvalue weighted by Crippen LogP contribution is 2.24. The average Bonchev–Trinajstić information content (AvgIpc) is 3.26. The fourth-order valence-corrected chi connectivity index (χ4v) is 3.30. The first kappa shape index (κ1) is 16.3. The molecule has 0 atom stereocenters. The summed E-state index contributed by atoms with van der Waals surface area (Å²) in [5, 5.41) is 5.87. The Hall–Kier alpha value is -3.15. The molecular formula is C20H19N3O3. The van der Waals surface area contributed by atoms with Gasteiger partial charge in [-0.25, -0.2) is 0 Å². The smallest absolute Gasteiger partial charge is 0.261 e. The van der Waals surface area contributed by atoms with Crippen molar-refractivity contribution < 1.29 is 14.1 Å². The van der Waals surface area contributed by atoms with Crippen LogP contribution in [0.3, 0.4) is 0 Å². The molecule has 1 aliphatic heterocycles. The number of fused-ring (bicyclic) bond motifs is 1. The maximum absolute atomic E-state index is 13.4. The molecule has 0 bridgehead atoms. The zero-order chi connectivity index (χ0) is 18.1. The Balaban J connectivity index is 1.75. The molecule has 0 aliphatic carbocycles. The van der Waals surface area contributed by atoms with Crippen molar-refractivity contribution in [1.29, 1.82) is 0 Å². The molecule has 0 radical (unpaired) electrons. The van der Waals surface area contributed by atoms with E-state index in [9.17, 15) is 9.59 Å². The minimum Gasteiger partial charge on any atom is -0.360 e. The van der Waals surface area contributed by atoms with Gasteiger partial charge in [0.2, 0.25) is 5.91 Å². The van der Waals surface area contributed by atoms with Crippen molar-refractivity contribution in [2.75, 3.05) is 18.1 Å². The Morgan fingerprint density at radius 2 is 2.04 bits per heavy atom.